The van der Waals surface area contributed by atoms with Crippen molar-refractivity contribution in [2.75, 3.05) is 12.4 Å². The molecule has 0 heterocycles. The molecule has 0 aromatic heterocycles. The van der Waals surface area contributed by atoms with Gasteiger partial charge >= 0.3 is 0 Å². The summed E-state index contributed by atoms with van der Waals surface area (Å²) in [5, 5.41) is 23.2. The third-order valence-electron chi connectivity index (χ3n) is 3.01. The number of phenolic OH excluding ortho intramolecular Hbond substituents is 2. The Morgan fingerprint density at radius 1 is 1.15 bits per heavy atom. The number of rotatable bonds is 4. The number of anilines is 1. The van der Waals surface area contributed by atoms with Gasteiger partial charge in [0.25, 0.3) is 0 Å². The molecule has 1 unspecified atom stereocenters. The Morgan fingerprint density at radius 3 is 2.60 bits per heavy atom. The molecule has 4 nitrogen and oxygen atoms in total. The van der Waals surface area contributed by atoms with Crippen LogP contribution in [-0.2, 0) is 0 Å². The molecule has 0 bridgehead atoms. The van der Waals surface area contributed by atoms with Crippen molar-refractivity contribution in [3.8, 4) is 17.2 Å². The van der Waals surface area contributed by atoms with E-state index in [9.17, 15) is 10.2 Å². The zero-order valence-electron chi connectivity index (χ0n) is 11.2. The minimum Gasteiger partial charge on any atom is -0.508 e. The highest BCUT2D eigenvalue weighted by molar-refractivity contribution is 6.30. The van der Waals surface area contributed by atoms with Gasteiger partial charge in [-0.15, -0.1) is 0 Å². The average Bonchev–Trinajstić information content (AvgIpc) is 2.41. The lowest BCUT2D eigenvalue weighted by atomic mass is 10.1. The molecule has 0 saturated carbocycles. The maximum absolute atomic E-state index is 9.86. The summed E-state index contributed by atoms with van der Waals surface area (Å²) in [5.74, 6) is 0.870. The fraction of sp³-hybridized carbons (Fsp3) is 0.200. The van der Waals surface area contributed by atoms with Crippen LogP contribution in [0.5, 0.6) is 17.2 Å². The highest BCUT2D eigenvalue weighted by Crippen LogP contribution is 2.34. The zero-order chi connectivity index (χ0) is 14.7. The minimum absolute atomic E-state index is 0.101. The van der Waals surface area contributed by atoms with Gasteiger partial charge in [-0.2, -0.15) is 0 Å². The van der Waals surface area contributed by atoms with Crippen molar-refractivity contribution in [3.63, 3.8) is 0 Å². The molecule has 106 valence electrons. The maximum Gasteiger partial charge on any atom is 0.142 e. The number of hydrogen-bond acceptors (Lipinski definition) is 4. The summed E-state index contributed by atoms with van der Waals surface area (Å²) >= 11 is 5.97. The second-order valence-corrected chi connectivity index (χ2v) is 4.89. The molecule has 0 radical (unpaired) electrons. The van der Waals surface area contributed by atoms with Crippen LogP contribution in [0.15, 0.2) is 36.4 Å². The number of ether oxygens (including phenoxy) is 1. The standard InChI is InChI=1S/C15H16ClNO3/c1-9(12-8-11(18)4-5-14(12)19)17-13-7-10(16)3-6-15(13)20-2/h3-9,17-19H,1-2H3. The Hall–Kier alpha value is -2.07. The van der Waals surface area contributed by atoms with Gasteiger partial charge in [0.15, 0.2) is 0 Å². The van der Waals surface area contributed by atoms with E-state index >= 15 is 0 Å². The molecule has 0 fully saturated rings. The molecular formula is C15H16ClNO3. The summed E-state index contributed by atoms with van der Waals surface area (Å²) in [6, 6.07) is 9.43. The molecule has 0 saturated heterocycles. The van der Waals surface area contributed by atoms with E-state index in [4.69, 9.17) is 16.3 Å². The van der Waals surface area contributed by atoms with E-state index < -0.39 is 0 Å². The van der Waals surface area contributed by atoms with Crippen molar-refractivity contribution < 1.29 is 14.9 Å². The van der Waals surface area contributed by atoms with E-state index in [0.29, 0.717) is 16.3 Å². The molecule has 20 heavy (non-hydrogen) atoms. The Kier molecular flexibility index (Phi) is 4.25. The lowest BCUT2D eigenvalue weighted by molar-refractivity contribution is 0.416. The Labute approximate surface area is 122 Å². The second kappa shape index (κ2) is 5.92. The summed E-state index contributed by atoms with van der Waals surface area (Å²) < 4.78 is 5.26. The highest BCUT2D eigenvalue weighted by Gasteiger charge is 2.13. The largest absolute Gasteiger partial charge is 0.508 e. The number of hydrogen-bond donors (Lipinski definition) is 3. The topological polar surface area (TPSA) is 61.7 Å². The predicted octanol–water partition coefficient (Wildman–Crippen LogP) is 3.93. The molecule has 2 rings (SSSR count). The van der Waals surface area contributed by atoms with Crippen LogP contribution in [0.4, 0.5) is 5.69 Å². The van der Waals surface area contributed by atoms with Crippen LogP contribution in [0.25, 0.3) is 0 Å². The number of phenols is 2. The fourth-order valence-electron chi connectivity index (χ4n) is 1.99. The molecule has 0 aliphatic rings. The van der Waals surface area contributed by atoms with Gasteiger partial charge in [0, 0.05) is 10.6 Å². The SMILES string of the molecule is COc1ccc(Cl)cc1NC(C)c1cc(O)ccc1O. The first kappa shape index (κ1) is 14.3. The van der Waals surface area contributed by atoms with E-state index in [1.54, 1.807) is 25.3 Å². The van der Waals surface area contributed by atoms with Crippen LogP contribution in [0.3, 0.4) is 0 Å². The monoisotopic (exact) mass is 293 g/mol. The van der Waals surface area contributed by atoms with Crippen LogP contribution in [0.2, 0.25) is 5.02 Å². The molecule has 0 amide bonds. The Balaban J connectivity index is 2.29. The summed E-state index contributed by atoms with van der Waals surface area (Å²) in [6.45, 7) is 1.87. The number of aromatic hydroxyl groups is 2. The van der Waals surface area contributed by atoms with Gasteiger partial charge < -0.3 is 20.3 Å². The molecular weight excluding hydrogens is 278 g/mol. The van der Waals surface area contributed by atoms with Crippen molar-refractivity contribution in [1.82, 2.24) is 0 Å². The van der Waals surface area contributed by atoms with Crippen LogP contribution in [0.1, 0.15) is 18.5 Å². The first-order chi connectivity index (χ1) is 9.51. The van der Waals surface area contributed by atoms with Gasteiger partial charge in [-0.1, -0.05) is 11.6 Å². The maximum atomic E-state index is 9.86. The van der Waals surface area contributed by atoms with Crippen molar-refractivity contribution in [1.29, 1.82) is 0 Å². The summed E-state index contributed by atoms with van der Waals surface area (Å²) in [7, 11) is 1.57. The summed E-state index contributed by atoms with van der Waals surface area (Å²) in [4.78, 5) is 0. The smallest absolute Gasteiger partial charge is 0.142 e. The van der Waals surface area contributed by atoms with Gasteiger partial charge in [-0.05, 0) is 43.3 Å². The number of benzene rings is 2. The van der Waals surface area contributed by atoms with E-state index in [0.717, 1.165) is 5.69 Å². The van der Waals surface area contributed by atoms with Gasteiger partial charge in [-0.3, -0.25) is 0 Å². The van der Waals surface area contributed by atoms with Crippen molar-refractivity contribution in [2.45, 2.75) is 13.0 Å². The minimum atomic E-state index is -0.227. The average molecular weight is 294 g/mol. The number of halogens is 1. The Bertz CT molecular complexity index is 616. The van der Waals surface area contributed by atoms with E-state index in [1.165, 1.54) is 18.2 Å². The first-order valence-electron chi connectivity index (χ1n) is 6.13. The molecule has 1 atom stereocenters. The molecule has 5 heteroatoms. The Morgan fingerprint density at radius 2 is 1.90 bits per heavy atom. The first-order valence-corrected chi connectivity index (χ1v) is 6.51. The van der Waals surface area contributed by atoms with E-state index in [-0.39, 0.29) is 17.5 Å². The third kappa shape index (κ3) is 3.08. The molecule has 3 N–H and O–H groups in total. The normalized spacial score (nSPS) is 11.9. The van der Waals surface area contributed by atoms with Gasteiger partial charge in [0.05, 0.1) is 18.8 Å². The third-order valence-corrected chi connectivity index (χ3v) is 3.25. The zero-order valence-corrected chi connectivity index (χ0v) is 12.0. The van der Waals surface area contributed by atoms with Crippen LogP contribution in [0, 0.1) is 0 Å². The number of methoxy groups -OCH3 is 1. The second-order valence-electron chi connectivity index (χ2n) is 4.45. The molecule has 0 spiro atoms. The van der Waals surface area contributed by atoms with Crippen LogP contribution >= 0.6 is 11.6 Å². The molecule has 0 aliphatic carbocycles. The van der Waals surface area contributed by atoms with E-state index in [1.807, 2.05) is 6.92 Å². The molecule has 0 aliphatic heterocycles. The number of nitrogens with one attached hydrogen (secondary N) is 1. The summed E-state index contributed by atoms with van der Waals surface area (Å²) in [5.41, 5.74) is 1.31. The lowest BCUT2D eigenvalue weighted by Crippen LogP contribution is -2.08. The van der Waals surface area contributed by atoms with Gasteiger partial charge in [0.2, 0.25) is 0 Å². The lowest BCUT2D eigenvalue weighted by Gasteiger charge is -2.19. The predicted molar refractivity (Wildman–Crippen MR) is 79.8 cm³/mol. The fourth-order valence-corrected chi connectivity index (χ4v) is 2.16. The molecule has 2 aromatic rings. The summed E-state index contributed by atoms with van der Waals surface area (Å²) in [6.07, 6.45) is 0. The van der Waals surface area contributed by atoms with Crippen LogP contribution < -0.4 is 10.1 Å². The van der Waals surface area contributed by atoms with Gasteiger partial charge in [0.1, 0.15) is 17.2 Å². The van der Waals surface area contributed by atoms with Crippen molar-refractivity contribution in [2.24, 2.45) is 0 Å². The van der Waals surface area contributed by atoms with Crippen LogP contribution in [-0.4, -0.2) is 17.3 Å². The highest BCUT2D eigenvalue weighted by atomic mass is 35.5. The van der Waals surface area contributed by atoms with Crippen molar-refractivity contribution >= 4 is 17.3 Å². The van der Waals surface area contributed by atoms with Gasteiger partial charge in [-0.25, -0.2) is 0 Å². The van der Waals surface area contributed by atoms with Crippen molar-refractivity contribution in [3.05, 3.63) is 47.0 Å². The quantitative estimate of drug-likeness (QED) is 0.747. The van der Waals surface area contributed by atoms with E-state index in [2.05, 4.69) is 5.32 Å². The molecule has 2 aromatic carbocycles.